The standard InChI is InChI=1S/C15H14N2O3/c1-2-20-15-8-6-13(7-9-15)16-11-12-4-3-5-14(10-12)17(18)19/h3-11H,2H2,1H3/b16-11+. The van der Waals surface area contributed by atoms with Gasteiger partial charge in [0.1, 0.15) is 5.75 Å². The lowest BCUT2D eigenvalue weighted by Gasteiger charge is -2.02. The van der Waals surface area contributed by atoms with Crippen LogP contribution in [0.15, 0.2) is 53.5 Å². The largest absolute Gasteiger partial charge is 0.494 e. The molecule has 5 heteroatoms. The molecule has 0 heterocycles. The van der Waals surface area contributed by atoms with E-state index in [-0.39, 0.29) is 5.69 Å². The normalized spacial score (nSPS) is 10.7. The summed E-state index contributed by atoms with van der Waals surface area (Å²) in [5, 5.41) is 10.7. The first-order valence-corrected chi connectivity index (χ1v) is 6.20. The number of rotatable bonds is 5. The number of non-ortho nitro benzene ring substituents is 1. The third kappa shape index (κ3) is 3.65. The van der Waals surface area contributed by atoms with E-state index in [1.54, 1.807) is 18.3 Å². The van der Waals surface area contributed by atoms with E-state index in [4.69, 9.17) is 4.74 Å². The lowest BCUT2D eigenvalue weighted by molar-refractivity contribution is -0.384. The molecule has 0 saturated heterocycles. The number of hydrogen-bond acceptors (Lipinski definition) is 4. The fourth-order valence-corrected chi connectivity index (χ4v) is 1.66. The summed E-state index contributed by atoms with van der Waals surface area (Å²) >= 11 is 0. The Kier molecular flexibility index (Phi) is 4.44. The van der Waals surface area contributed by atoms with Crippen LogP contribution in [0.3, 0.4) is 0 Å². The zero-order valence-corrected chi connectivity index (χ0v) is 11.0. The van der Waals surface area contributed by atoms with Gasteiger partial charge in [0.05, 0.1) is 17.2 Å². The maximum atomic E-state index is 10.7. The van der Waals surface area contributed by atoms with Gasteiger partial charge < -0.3 is 4.74 Å². The predicted octanol–water partition coefficient (Wildman–Crippen LogP) is 3.74. The highest BCUT2D eigenvalue weighted by atomic mass is 16.6. The zero-order valence-electron chi connectivity index (χ0n) is 11.0. The molecular formula is C15H14N2O3. The topological polar surface area (TPSA) is 64.7 Å². The fourth-order valence-electron chi connectivity index (χ4n) is 1.66. The van der Waals surface area contributed by atoms with Gasteiger partial charge in [0, 0.05) is 18.3 Å². The van der Waals surface area contributed by atoms with Crippen molar-refractivity contribution in [3.8, 4) is 5.75 Å². The minimum atomic E-state index is -0.422. The van der Waals surface area contributed by atoms with Crippen LogP contribution in [0.2, 0.25) is 0 Å². The van der Waals surface area contributed by atoms with Crippen molar-refractivity contribution in [2.45, 2.75) is 6.92 Å². The van der Waals surface area contributed by atoms with Gasteiger partial charge in [-0.15, -0.1) is 0 Å². The van der Waals surface area contributed by atoms with Crippen LogP contribution < -0.4 is 4.74 Å². The van der Waals surface area contributed by atoms with E-state index in [2.05, 4.69) is 4.99 Å². The van der Waals surface area contributed by atoms with Gasteiger partial charge in [-0.2, -0.15) is 0 Å². The highest BCUT2D eigenvalue weighted by Gasteiger charge is 2.03. The summed E-state index contributed by atoms with van der Waals surface area (Å²) in [6.45, 7) is 2.55. The van der Waals surface area contributed by atoms with Crippen LogP contribution >= 0.6 is 0 Å². The van der Waals surface area contributed by atoms with Crippen molar-refractivity contribution in [2.24, 2.45) is 4.99 Å². The molecule has 5 nitrogen and oxygen atoms in total. The lowest BCUT2D eigenvalue weighted by Crippen LogP contribution is -1.90. The third-order valence-corrected chi connectivity index (χ3v) is 2.59. The van der Waals surface area contributed by atoms with Gasteiger partial charge in [0.25, 0.3) is 5.69 Å². The molecule has 2 aromatic rings. The second-order valence-electron chi connectivity index (χ2n) is 4.04. The van der Waals surface area contributed by atoms with E-state index < -0.39 is 4.92 Å². The average Bonchev–Trinajstić information content (AvgIpc) is 2.47. The predicted molar refractivity (Wildman–Crippen MR) is 78.0 cm³/mol. The monoisotopic (exact) mass is 270 g/mol. The molecule has 0 aliphatic rings. The molecule has 2 rings (SSSR count). The molecule has 0 aliphatic carbocycles. The number of ether oxygens (including phenoxy) is 1. The Balaban J connectivity index is 2.12. The van der Waals surface area contributed by atoms with Crippen molar-refractivity contribution in [3.63, 3.8) is 0 Å². The Labute approximate surface area is 116 Å². The molecule has 2 aromatic carbocycles. The molecule has 0 N–H and O–H groups in total. The number of nitro groups is 1. The Morgan fingerprint density at radius 1 is 1.25 bits per heavy atom. The van der Waals surface area contributed by atoms with Crippen molar-refractivity contribution >= 4 is 17.6 Å². The maximum absolute atomic E-state index is 10.7. The summed E-state index contributed by atoms with van der Waals surface area (Å²) in [6, 6.07) is 13.7. The number of aliphatic imine (C=N–C) groups is 1. The molecule has 0 aliphatic heterocycles. The van der Waals surface area contributed by atoms with Crippen LogP contribution in [-0.4, -0.2) is 17.7 Å². The van der Waals surface area contributed by atoms with Gasteiger partial charge in [0.2, 0.25) is 0 Å². The lowest BCUT2D eigenvalue weighted by atomic mass is 10.2. The first kappa shape index (κ1) is 13.7. The van der Waals surface area contributed by atoms with Crippen LogP contribution in [0.25, 0.3) is 0 Å². The second kappa shape index (κ2) is 6.47. The van der Waals surface area contributed by atoms with Crippen LogP contribution in [0.1, 0.15) is 12.5 Å². The summed E-state index contributed by atoms with van der Waals surface area (Å²) < 4.78 is 5.34. The van der Waals surface area contributed by atoms with E-state index in [0.717, 1.165) is 11.4 Å². The first-order valence-electron chi connectivity index (χ1n) is 6.20. The second-order valence-corrected chi connectivity index (χ2v) is 4.04. The van der Waals surface area contributed by atoms with Crippen LogP contribution in [-0.2, 0) is 0 Å². The molecule has 0 fully saturated rings. The Hall–Kier alpha value is -2.69. The molecule has 0 unspecified atom stereocenters. The van der Waals surface area contributed by atoms with E-state index in [0.29, 0.717) is 12.2 Å². The highest BCUT2D eigenvalue weighted by molar-refractivity contribution is 5.82. The number of nitrogens with zero attached hydrogens (tertiary/aromatic N) is 2. The van der Waals surface area contributed by atoms with Crippen LogP contribution in [0, 0.1) is 10.1 Å². The molecule has 0 spiro atoms. The summed E-state index contributed by atoms with van der Waals surface area (Å²) in [5.41, 5.74) is 1.51. The highest BCUT2D eigenvalue weighted by Crippen LogP contribution is 2.18. The number of benzene rings is 2. The minimum Gasteiger partial charge on any atom is -0.494 e. The SMILES string of the molecule is CCOc1ccc(/N=C/c2cccc([N+](=O)[O-])c2)cc1. The van der Waals surface area contributed by atoms with Crippen molar-refractivity contribution in [1.29, 1.82) is 0 Å². The summed E-state index contributed by atoms with van der Waals surface area (Å²) in [4.78, 5) is 14.5. The first-order chi connectivity index (χ1) is 9.69. The van der Waals surface area contributed by atoms with E-state index in [1.807, 2.05) is 31.2 Å². The quantitative estimate of drug-likeness (QED) is 0.472. The van der Waals surface area contributed by atoms with Crippen molar-refractivity contribution in [2.75, 3.05) is 6.61 Å². The molecule has 0 saturated carbocycles. The summed E-state index contributed by atoms with van der Waals surface area (Å²) in [6.07, 6.45) is 1.60. The summed E-state index contributed by atoms with van der Waals surface area (Å²) in [5.74, 6) is 0.793. The van der Waals surface area contributed by atoms with Gasteiger partial charge in [-0.3, -0.25) is 15.1 Å². The van der Waals surface area contributed by atoms with Crippen molar-refractivity contribution in [1.82, 2.24) is 0 Å². The van der Waals surface area contributed by atoms with Gasteiger partial charge in [0.15, 0.2) is 0 Å². The van der Waals surface area contributed by atoms with Gasteiger partial charge in [-0.05, 0) is 36.8 Å². The fraction of sp³-hybridized carbons (Fsp3) is 0.133. The molecule has 20 heavy (non-hydrogen) atoms. The van der Waals surface area contributed by atoms with E-state index in [1.165, 1.54) is 12.1 Å². The van der Waals surface area contributed by atoms with Crippen molar-refractivity contribution < 1.29 is 9.66 Å². The Bertz CT molecular complexity index is 621. The zero-order chi connectivity index (χ0) is 14.4. The Morgan fingerprint density at radius 3 is 2.65 bits per heavy atom. The number of hydrogen-bond donors (Lipinski definition) is 0. The van der Waals surface area contributed by atoms with Gasteiger partial charge in [-0.25, -0.2) is 0 Å². The third-order valence-electron chi connectivity index (χ3n) is 2.59. The molecule has 0 atom stereocenters. The van der Waals surface area contributed by atoms with Gasteiger partial charge >= 0.3 is 0 Å². The molecule has 102 valence electrons. The summed E-state index contributed by atoms with van der Waals surface area (Å²) in [7, 11) is 0. The molecule has 0 aromatic heterocycles. The smallest absolute Gasteiger partial charge is 0.270 e. The number of nitro benzene ring substituents is 1. The average molecular weight is 270 g/mol. The molecule has 0 bridgehead atoms. The van der Waals surface area contributed by atoms with E-state index in [9.17, 15) is 10.1 Å². The van der Waals surface area contributed by atoms with Crippen molar-refractivity contribution in [3.05, 3.63) is 64.2 Å². The maximum Gasteiger partial charge on any atom is 0.270 e. The molecular weight excluding hydrogens is 256 g/mol. The van der Waals surface area contributed by atoms with E-state index >= 15 is 0 Å². The molecule has 0 radical (unpaired) electrons. The minimum absolute atomic E-state index is 0.0562. The van der Waals surface area contributed by atoms with Crippen LogP contribution in [0.4, 0.5) is 11.4 Å². The van der Waals surface area contributed by atoms with Crippen LogP contribution in [0.5, 0.6) is 5.75 Å². The molecule has 0 amide bonds. The Morgan fingerprint density at radius 2 is 2.00 bits per heavy atom. The van der Waals surface area contributed by atoms with Gasteiger partial charge in [-0.1, -0.05) is 12.1 Å².